The maximum Gasteiger partial charge on any atom is 0.0571 e. The van der Waals surface area contributed by atoms with Gasteiger partial charge < -0.3 is 9.64 Å². The molecule has 0 aromatic carbocycles. The lowest BCUT2D eigenvalue weighted by Crippen LogP contribution is -2.30. The van der Waals surface area contributed by atoms with Crippen molar-refractivity contribution in [3.05, 3.63) is 0 Å². The normalized spacial score (nSPS) is 31.7. The van der Waals surface area contributed by atoms with Gasteiger partial charge in [-0.2, -0.15) is 0 Å². The zero-order valence-electron chi connectivity index (χ0n) is 12.4. The Labute approximate surface area is 113 Å². The van der Waals surface area contributed by atoms with E-state index in [1.165, 1.54) is 70.9 Å². The number of piperidine rings is 1. The van der Waals surface area contributed by atoms with Crippen LogP contribution in [0.4, 0.5) is 0 Å². The van der Waals surface area contributed by atoms with Crippen LogP contribution in [0.3, 0.4) is 0 Å². The van der Waals surface area contributed by atoms with Gasteiger partial charge in [0.2, 0.25) is 0 Å². The van der Waals surface area contributed by atoms with Crippen molar-refractivity contribution in [2.45, 2.75) is 63.9 Å². The van der Waals surface area contributed by atoms with Gasteiger partial charge in [0, 0.05) is 7.11 Å². The fraction of sp³-hybridized carbons (Fsp3) is 1.00. The molecule has 0 amide bonds. The van der Waals surface area contributed by atoms with Crippen LogP contribution in [0.2, 0.25) is 0 Å². The van der Waals surface area contributed by atoms with Crippen molar-refractivity contribution in [2.24, 2.45) is 11.8 Å². The van der Waals surface area contributed by atoms with E-state index in [1.54, 1.807) is 0 Å². The molecule has 0 spiro atoms. The molecule has 1 aliphatic carbocycles. The van der Waals surface area contributed by atoms with Crippen LogP contribution < -0.4 is 0 Å². The highest BCUT2D eigenvalue weighted by Crippen LogP contribution is 2.31. The fourth-order valence-electron chi connectivity index (χ4n) is 3.70. The van der Waals surface area contributed by atoms with Crippen LogP contribution in [0.1, 0.15) is 57.8 Å². The predicted octanol–water partition coefficient (Wildman–Crippen LogP) is 3.70. The molecule has 2 fully saturated rings. The zero-order chi connectivity index (χ0) is 12.8. The number of nitrogens with zero attached hydrogens (tertiary/aromatic N) is 1. The second-order valence-electron chi connectivity index (χ2n) is 6.56. The van der Waals surface area contributed by atoms with E-state index in [4.69, 9.17) is 4.74 Å². The highest BCUT2D eigenvalue weighted by Gasteiger charge is 2.21. The fourth-order valence-corrected chi connectivity index (χ4v) is 3.70. The van der Waals surface area contributed by atoms with E-state index in [1.807, 2.05) is 7.11 Å². The minimum Gasteiger partial charge on any atom is -0.381 e. The molecule has 1 saturated carbocycles. The van der Waals surface area contributed by atoms with E-state index in [0.29, 0.717) is 6.10 Å². The molecule has 0 unspecified atom stereocenters. The molecular formula is C16H31NO. The van der Waals surface area contributed by atoms with Gasteiger partial charge in [-0.1, -0.05) is 19.3 Å². The van der Waals surface area contributed by atoms with Crippen molar-refractivity contribution in [1.82, 2.24) is 4.90 Å². The van der Waals surface area contributed by atoms with Gasteiger partial charge in [-0.05, 0) is 70.5 Å². The Morgan fingerprint density at radius 3 is 2.00 bits per heavy atom. The highest BCUT2D eigenvalue weighted by molar-refractivity contribution is 4.74. The summed E-state index contributed by atoms with van der Waals surface area (Å²) in [5, 5.41) is 0. The molecule has 106 valence electrons. The van der Waals surface area contributed by atoms with Crippen molar-refractivity contribution < 1.29 is 4.74 Å². The molecule has 2 aliphatic rings. The molecule has 0 aromatic heterocycles. The summed E-state index contributed by atoms with van der Waals surface area (Å²) in [4.78, 5) is 2.47. The van der Waals surface area contributed by atoms with Crippen LogP contribution in [0.5, 0.6) is 0 Å². The van der Waals surface area contributed by atoms with Gasteiger partial charge in [-0.3, -0.25) is 0 Å². The summed E-state index contributed by atoms with van der Waals surface area (Å²) < 4.78 is 5.44. The van der Waals surface area contributed by atoms with Crippen LogP contribution in [0.15, 0.2) is 0 Å². The molecule has 1 saturated heterocycles. The predicted molar refractivity (Wildman–Crippen MR) is 76.8 cm³/mol. The number of likely N-dealkylation sites (tertiary alicyclic amines) is 1. The molecule has 1 aliphatic heterocycles. The van der Waals surface area contributed by atoms with Crippen LogP contribution in [-0.4, -0.2) is 38.3 Å². The summed E-state index contributed by atoms with van der Waals surface area (Å²) in [6, 6.07) is 0. The Morgan fingerprint density at radius 1 is 0.889 bits per heavy atom. The van der Waals surface area contributed by atoms with E-state index in [9.17, 15) is 0 Å². The van der Waals surface area contributed by atoms with Gasteiger partial charge in [0.25, 0.3) is 0 Å². The lowest BCUT2D eigenvalue weighted by atomic mass is 9.82. The average molecular weight is 253 g/mol. The lowest BCUT2D eigenvalue weighted by Gasteiger charge is -2.30. The summed E-state index contributed by atoms with van der Waals surface area (Å²) in [5.41, 5.74) is 0. The molecule has 0 aromatic rings. The van der Waals surface area contributed by atoms with E-state index < -0.39 is 0 Å². The first-order valence-corrected chi connectivity index (χ1v) is 7.99. The summed E-state index contributed by atoms with van der Waals surface area (Å²) in [7, 11) is 4.12. The maximum atomic E-state index is 5.44. The zero-order valence-corrected chi connectivity index (χ0v) is 12.4. The number of ether oxygens (including phenoxy) is 1. The van der Waals surface area contributed by atoms with E-state index in [2.05, 4.69) is 11.9 Å². The van der Waals surface area contributed by atoms with Crippen molar-refractivity contribution in [1.29, 1.82) is 0 Å². The Hall–Kier alpha value is -0.0800. The van der Waals surface area contributed by atoms with Gasteiger partial charge in [-0.25, -0.2) is 0 Å². The molecule has 0 radical (unpaired) electrons. The standard InChI is InChI=1S/C16H31NO/c1-17-12-10-15(11-13-17)5-3-4-14-6-8-16(18-2)9-7-14/h14-16H,3-13H2,1-2H3/t14-,16+. The monoisotopic (exact) mass is 253 g/mol. The molecular weight excluding hydrogens is 222 g/mol. The van der Waals surface area contributed by atoms with Gasteiger partial charge in [-0.15, -0.1) is 0 Å². The SMILES string of the molecule is CO[C@H]1CC[C@@H](CCCC2CCN(C)CC2)CC1. The van der Waals surface area contributed by atoms with E-state index in [0.717, 1.165) is 11.8 Å². The third-order valence-corrected chi connectivity index (χ3v) is 5.19. The Kier molecular flexibility index (Phi) is 5.97. The van der Waals surface area contributed by atoms with E-state index >= 15 is 0 Å². The smallest absolute Gasteiger partial charge is 0.0571 e. The maximum absolute atomic E-state index is 5.44. The van der Waals surface area contributed by atoms with Gasteiger partial charge in [0.1, 0.15) is 0 Å². The molecule has 18 heavy (non-hydrogen) atoms. The number of methoxy groups -OCH3 is 1. The summed E-state index contributed by atoms with van der Waals surface area (Å²) in [5.74, 6) is 2.03. The first-order chi connectivity index (χ1) is 8.78. The molecule has 2 rings (SSSR count). The quantitative estimate of drug-likeness (QED) is 0.740. The molecule has 0 atom stereocenters. The Morgan fingerprint density at radius 2 is 1.44 bits per heavy atom. The number of rotatable bonds is 5. The molecule has 0 bridgehead atoms. The largest absolute Gasteiger partial charge is 0.381 e. The minimum atomic E-state index is 0.565. The second kappa shape index (κ2) is 7.49. The first kappa shape index (κ1) is 14.3. The second-order valence-corrected chi connectivity index (χ2v) is 6.56. The number of hydrogen-bond donors (Lipinski definition) is 0. The Bertz CT molecular complexity index is 215. The van der Waals surface area contributed by atoms with Crippen LogP contribution in [-0.2, 0) is 4.74 Å². The summed E-state index contributed by atoms with van der Waals surface area (Å²) in [6.45, 7) is 2.65. The molecule has 1 heterocycles. The highest BCUT2D eigenvalue weighted by atomic mass is 16.5. The first-order valence-electron chi connectivity index (χ1n) is 7.99. The topological polar surface area (TPSA) is 12.5 Å². The van der Waals surface area contributed by atoms with Crippen LogP contribution in [0, 0.1) is 11.8 Å². The van der Waals surface area contributed by atoms with Crippen molar-refractivity contribution in [2.75, 3.05) is 27.2 Å². The Balaban J connectivity index is 1.53. The van der Waals surface area contributed by atoms with Crippen molar-refractivity contribution >= 4 is 0 Å². The van der Waals surface area contributed by atoms with Gasteiger partial charge >= 0.3 is 0 Å². The minimum absolute atomic E-state index is 0.565. The van der Waals surface area contributed by atoms with Crippen LogP contribution in [0.25, 0.3) is 0 Å². The van der Waals surface area contributed by atoms with Gasteiger partial charge in [0.05, 0.1) is 6.10 Å². The lowest BCUT2D eigenvalue weighted by molar-refractivity contribution is 0.0548. The summed E-state index contributed by atoms with van der Waals surface area (Å²) in [6.07, 6.45) is 13.3. The summed E-state index contributed by atoms with van der Waals surface area (Å²) >= 11 is 0. The van der Waals surface area contributed by atoms with Crippen molar-refractivity contribution in [3.63, 3.8) is 0 Å². The average Bonchev–Trinajstić information content (AvgIpc) is 2.42. The molecule has 2 nitrogen and oxygen atoms in total. The third-order valence-electron chi connectivity index (χ3n) is 5.19. The molecule has 0 N–H and O–H groups in total. The third kappa shape index (κ3) is 4.55. The van der Waals surface area contributed by atoms with E-state index in [-0.39, 0.29) is 0 Å². The number of hydrogen-bond acceptors (Lipinski definition) is 2. The van der Waals surface area contributed by atoms with Crippen LogP contribution >= 0.6 is 0 Å². The van der Waals surface area contributed by atoms with Crippen molar-refractivity contribution in [3.8, 4) is 0 Å². The molecule has 2 heteroatoms. The van der Waals surface area contributed by atoms with Gasteiger partial charge in [0.15, 0.2) is 0 Å².